The zero-order valence-corrected chi connectivity index (χ0v) is 16.9. The first-order valence-electron chi connectivity index (χ1n) is 10.5. The molecule has 0 saturated carbocycles. The minimum Gasteiger partial charge on any atom is -0.370 e. The lowest BCUT2D eigenvalue weighted by atomic mass is 9.73. The average molecular weight is 395 g/mol. The highest BCUT2D eigenvalue weighted by atomic mass is 32.2. The van der Waals surface area contributed by atoms with Crippen LogP contribution in [0, 0.1) is 11.8 Å². The number of nitrogens with zero attached hydrogens (tertiary/aromatic N) is 3. The van der Waals surface area contributed by atoms with Crippen LogP contribution in [0.1, 0.15) is 44.9 Å². The van der Waals surface area contributed by atoms with Gasteiger partial charge in [0.2, 0.25) is 0 Å². The first kappa shape index (κ1) is 18.1. The normalized spacial score (nSPS) is 37.1. The Morgan fingerprint density at radius 3 is 2.89 bits per heavy atom. The van der Waals surface area contributed by atoms with Crippen LogP contribution < -0.4 is 0 Å². The molecule has 5 rings (SSSR count). The Hall–Kier alpha value is -0.960. The molecule has 4 aliphatic rings. The number of fused-ring (bicyclic) bond motifs is 1. The van der Waals surface area contributed by atoms with Gasteiger partial charge in [-0.1, -0.05) is 13.3 Å². The number of hydrogen-bond donors (Lipinski definition) is 1. The smallest absolute Gasteiger partial charge is 0.260 e. The number of H-pyrrole nitrogens is 1. The van der Waals surface area contributed by atoms with Gasteiger partial charge in [0, 0.05) is 37.9 Å². The van der Waals surface area contributed by atoms with Crippen LogP contribution in [0.2, 0.25) is 0 Å². The number of piperidine rings is 1. The molecule has 2 bridgehead atoms. The van der Waals surface area contributed by atoms with Crippen LogP contribution in [0.15, 0.2) is 11.2 Å². The van der Waals surface area contributed by atoms with E-state index in [-0.39, 0.29) is 10.6 Å². The fourth-order valence-electron chi connectivity index (χ4n) is 5.81. The van der Waals surface area contributed by atoms with Crippen LogP contribution in [0.25, 0.3) is 0 Å². The highest BCUT2D eigenvalue weighted by Gasteiger charge is 2.64. The molecule has 1 N–H and O–H groups in total. The first-order valence-corrected chi connectivity index (χ1v) is 11.9. The Labute approximate surface area is 161 Å². The molecule has 5 heterocycles. The van der Waals surface area contributed by atoms with E-state index in [2.05, 4.69) is 14.9 Å². The zero-order chi connectivity index (χ0) is 18.6. The quantitative estimate of drug-likeness (QED) is 0.821. The summed E-state index contributed by atoms with van der Waals surface area (Å²) < 4.78 is 34.4. The van der Waals surface area contributed by atoms with Gasteiger partial charge in [-0.15, -0.1) is 0 Å². The van der Waals surface area contributed by atoms with Crippen molar-refractivity contribution in [1.82, 2.24) is 19.2 Å². The van der Waals surface area contributed by atoms with Gasteiger partial charge in [0.05, 0.1) is 17.9 Å². The highest BCUT2D eigenvalue weighted by Crippen LogP contribution is 2.55. The molecule has 0 radical (unpaired) electrons. The molecule has 4 atom stereocenters. The van der Waals surface area contributed by atoms with Gasteiger partial charge in [-0.2, -0.15) is 4.31 Å². The molecule has 1 spiro atoms. The topological polar surface area (TPSA) is 78.5 Å². The van der Waals surface area contributed by atoms with E-state index in [9.17, 15) is 8.42 Å². The summed E-state index contributed by atoms with van der Waals surface area (Å²) >= 11 is 0. The average Bonchev–Trinajstić information content (AvgIpc) is 3.43. The van der Waals surface area contributed by atoms with E-state index in [1.54, 1.807) is 4.31 Å². The molecule has 0 amide bonds. The van der Waals surface area contributed by atoms with Crippen molar-refractivity contribution in [2.45, 2.75) is 62.2 Å². The lowest BCUT2D eigenvalue weighted by molar-refractivity contribution is 0.00685. The SMILES string of the molecule is CCc1ncc(S(=O)(=O)N2C[C@@H]3C(CN4CCCCC4)C4CC[C@]3(C2)O4)[nH]1. The second-order valence-electron chi connectivity index (χ2n) is 8.74. The van der Waals surface area contributed by atoms with E-state index in [0.717, 1.165) is 19.4 Å². The lowest BCUT2D eigenvalue weighted by Gasteiger charge is -2.35. The second kappa shape index (κ2) is 6.54. The number of imidazole rings is 1. The third kappa shape index (κ3) is 2.87. The van der Waals surface area contributed by atoms with E-state index in [4.69, 9.17) is 4.74 Å². The van der Waals surface area contributed by atoms with Crippen LogP contribution >= 0.6 is 0 Å². The Morgan fingerprint density at radius 1 is 1.33 bits per heavy atom. The monoisotopic (exact) mass is 394 g/mol. The van der Waals surface area contributed by atoms with Crippen LogP contribution in [0.4, 0.5) is 0 Å². The summed E-state index contributed by atoms with van der Waals surface area (Å²) in [7, 11) is -3.53. The number of aromatic nitrogens is 2. The largest absolute Gasteiger partial charge is 0.370 e. The third-order valence-electron chi connectivity index (χ3n) is 7.23. The van der Waals surface area contributed by atoms with E-state index >= 15 is 0 Å². The number of nitrogens with one attached hydrogen (secondary N) is 1. The molecule has 4 saturated heterocycles. The maximum absolute atomic E-state index is 13.2. The fourth-order valence-corrected chi connectivity index (χ4v) is 7.26. The summed E-state index contributed by atoms with van der Waals surface area (Å²) in [4.78, 5) is 9.73. The van der Waals surface area contributed by atoms with Crippen molar-refractivity contribution in [2.75, 3.05) is 32.7 Å². The third-order valence-corrected chi connectivity index (χ3v) is 8.95. The Kier molecular flexibility index (Phi) is 4.38. The van der Waals surface area contributed by atoms with E-state index in [1.807, 2.05) is 6.92 Å². The number of sulfonamides is 1. The standard InChI is InChI=1S/C19H30N4O3S/c1-2-17-20-10-18(21-17)27(24,25)23-12-15-14(11-22-8-4-3-5-9-22)16-6-7-19(15,13-23)26-16/h10,14-16H,2-9,11-13H2,1H3,(H,20,21)/t14?,15-,16?,19-/m1/s1. The number of hydrogen-bond acceptors (Lipinski definition) is 5. The number of likely N-dealkylation sites (tertiary alicyclic amines) is 1. The van der Waals surface area contributed by atoms with E-state index in [1.165, 1.54) is 38.5 Å². The number of rotatable bonds is 5. The number of aryl methyl sites for hydroxylation is 1. The van der Waals surface area contributed by atoms with Crippen molar-refractivity contribution in [2.24, 2.45) is 11.8 Å². The minimum atomic E-state index is -3.53. The van der Waals surface area contributed by atoms with Gasteiger partial charge >= 0.3 is 0 Å². The molecular formula is C19H30N4O3S. The summed E-state index contributed by atoms with van der Waals surface area (Å²) in [5.41, 5.74) is -0.258. The summed E-state index contributed by atoms with van der Waals surface area (Å²) in [6.07, 6.45) is 8.46. The molecule has 4 fully saturated rings. The van der Waals surface area contributed by atoms with Gasteiger partial charge in [-0.3, -0.25) is 0 Å². The van der Waals surface area contributed by atoms with Crippen LogP contribution in [0.5, 0.6) is 0 Å². The van der Waals surface area contributed by atoms with Gasteiger partial charge in [0.15, 0.2) is 5.03 Å². The predicted molar refractivity (Wildman–Crippen MR) is 101 cm³/mol. The van der Waals surface area contributed by atoms with Gasteiger partial charge in [-0.25, -0.2) is 13.4 Å². The molecule has 150 valence electrons. The highest BCUT2D eigenvalue weighted by molar-refractivity contribution is 7.89. The molecule has 0 aromatic carbocycles. The molecule has 4 aliphatic heterocycles. The molecule has 1 aromatic heterocycles. The summed E-state index contributed by atoms with van der Waals surface area (Å²) in [5, 5.41) is 0.220. The zero-order valence-electron chi connectivity index (χ0n) is 16.1. The fraction of sp³-hybridized carbons (Fsp3) is 0.842. The Morgan fingerprint density at radius 2 is 2.15 bits per heavy atom. The molecule has 0 aliphatic carbocycles. The Bertz CT molecular complexity index is 804. The summed E-state index contributed by atoms with van der Waals surface area (Å²) in [5.74, 6) is 1.50. The van der Waals surface area contributed by atoms with Crippen molar-refractivity contribution in [3.05, 3.63) is 12.0 Å². The van der Waals surface area contributed by atoms with Crippen LogP contribution in [-0.4, -0.2) is 72.0 Å². The maximum atomic E-state index is 13.2. The van der Waals surface area contributed by atoms with Crippen molar-refractivity contribution in [3.63, 3.8) is 0 Å². The molecule has 8 heteroatoms. The van der Waals surface area contributed by atoms with Crippen LogP contribution in [0.3, 0.4) is 0 Å². The molecule has 27 heavy (non-hydrogen) atoms. The van der Waals surface area contributed by atoms with Gasteiger partial charge in [-0.05, 0) is 38.8 Å². The van der Waals surface area contributed by atoms with Crippen molar-refractivity contribution >= 4 is 10.0 Å². The molecular weight excluding hydrogens is 364 g/mol. The minimum absolute atomic E-state index is 0.220. The lowest BCUT2D eigenvalue weighted by Crippen LogP contribution is -2.43. The molecule has 2 unspecified atom stereocenters. The maximum Gasteiger partial charge on any atom is 0.260 e. The summed E-state index contributed by atoms with van der Waals surface area (Å²) in [6.45, 7) is 6.46. The Balaban J connectivity index is 1.36. The van der Waals surface area contributed by atoms with Crippen LogP contribution in [-0.2, 0) is 21.2 Å². The predicted octanol–water partition coefficient (Wildman–Crippen LogP) is 1.63. The van der Waals surface area contributed by atoms with Crippen molar-refractivity contribution in [1.29, 1.82) is 0 Å². The van der Waals surface area contributed by atoms with E-state index in [0.29, 0.717) is 43.3 Å². The van der Waals surface area contributed by atoms with Crippen molar-refractivity contribution in [3.8, 4) is 0 Å². The van der Waals surface area contributed by atoms with E-state index < -0.39 is 10.0 Å². The van der Waals surface area contributed by atoms with Crippen molar-refractivity contribution < 1.29 is 13.2 Å². The summed E-state index contributed by atoms with van der Waals surface area (Å²) in [6, 6.07) is 0. The van der Waals surface area contributed by atoms with Gasteiger partial charge in [0.25, 0.3) is 10.0 Å². The second-order valence-corrected chi connectivity index (χ2v) is 10.6. The first-order chi connectivity index (χ1) is 13.0. The number of aromatic amines is 1. The molecule has 7 nitrogen and oxygen atoms in total. The van der Waals surface area contributed by atoms with Gasteiger partial charge < -0.3 is 14.6 Å². The number of ether oxygens (including phenoxy) is 1. The molecule has 1 aromatic rings. The van der Waals surface area contributed by atoms with Gasteiger partial charge in [0.1, 0.15) is 5.82 Å².